The second-order valence-corrected chi connectivity index (χ2v) is 3.97. The first-order valence-electron chi connectivity index (χ1n) is 5.77. The summed E-state index contributed by atoms with van der Waals surface area (Å²) in [5.74, 6) is -0.0692. The van der Waals surface area contributed by atoms with Crippen molar-refractivity contribution in [3.63, 3.8) is 0 Å². The molecule has 100 valence electrons. The second kappa shape index (κ2) is 4.96. The Morgan fingerprint density at radius 3 is 2.60 bits per heavy atom. The predicted molar refractivity (Wildman–Crippen MR) is 71.6 cm³/mol. The van der Waals surface area contributed by atoms with E-state index in [0.717, 1.165) is 17.4 Å². The van der Waals surface area contributed by atoms with Gasteiger partial charge in [0.1, 0.15) is 6.26 Å². The average molecular weight is 271 g/mol. The van der Waals surface area contributed by atoms with Gasteiger partial charge in [-0.15, -0.1) is 0 Å². The maximum absolute atomic E-state index is 13.0. The lowest BCUT2D eigenvalue weighted by atomic mass is 10.2. The molecular formula is C13H10FN5O. The van der Waals surface area contributed by atoms with Crippen molar-refractivity contribution < 1.29 is 8.81 Å². The van der Waals surface area contributed by atoms with Crippen molar-refractivity contribution in [2.45, 2.75) is 0 Å². The van der Waals surface area contributed by atoms with Crippen molar-refractivity contribution in [3.05, 3.63) is 48.7 Å². The number of rotatable bonds is 3. The highest BCUT2D eigenvalue weighted by atomic mass is 19.1. The zero-order chi connectivity index (χ0) is 13.9. The minimum absolute atomic E-state index is 0.195. The van der Waals surface area contributed by atoms with Gasteiger partial charge in [0.25, 0.3) is 0 Å². The summed E-state index contributed by atoms with van der Waals surface area (Å²) in [5, 5.41) is 2.92. The third kappa shape index (κ3) is 2.41. The minimum atomic E-state index is -0.644. The van der Waals surface area contributed by atoms with E-state index in [2.05, 4.69) is 20.3 Å². The summed E-state index contributed by atoms with van der Waals surface area (Å²) < 4.78 is 18.1. The number of nitrogen functional groups attached to an aromatic ring is 1. The van der Waals surface area contributed by atoms with Gasteiger partial charge in [0, 0.05) is 11.3 Å². The van der Waals surface area contributed by atoms with Crippen LogP contribution in [-0.4, -0.2) is 15.0 Å². The van der Waals surface area contributed by atoms with Gasteiger partial charge in [-0.3, -0.25) is 0 Å². The molecule has 6 nitrogen and oxygen atoms in total. The Balaban J connectivity index is 1.79. The molecule has 0 amide bonds. The molecule has 20 heavy (non-hydrogen) atoms. The van der Waals surface area contributed by atoms with Crippen molar-refractivity contribution >= 4 is 17.5 Å². The molecule has 2 heterocycles. The number of oxazole rings is 1. The Kier molecular flexibility index (Phi) is 3.00. The Morgan fingerprint density at radius 1 is 1.15 bits per heavy atom. The molecule has 0 fully saturated rings. The van der Waals surface area contributed by atoms with Crippen LogP contribution in [0.15, 0.2) is 47.3 Å². The molecular weight excluding hydrogens is 261 g/mol. The van der Waals surface area contributed by atoms with Gasteiger partial charge in [-0.1, -0.05) is 0 Å². The zero-order valence-electron chi connectivity index (χ0n) is 10.2. The van der Waals surface area contributed by atoms with Crippen LogP contribution in [0.2, 0.25) is 0 Å². The molecule has 0 aliphatic rings. The summed E-state index contributed by atoms with van der Waals surface area (Å²) in [6, 6.07) is 7.28. The van der Waals surface area contributed by atoms with Gasteiger partial charge < -0.3 is 15.5 Å². The Hall–Kier alpha value is -2.96. The van der Waals surface area contributed by atoms with Crippen molar-refractivity contribution in [3.8, 4) is 11.5 Å². The fourth-order valence-corrected chi connectivity index (χ4v) is 1.63. The first kappa shape index (κ1) is 12.1. The summed E-state index contributed by atoms with van der Waals surface area (Å²) in [4.78, 5) is 11.6. The summed E-state index contributed by atoms with van der Waals surface area (Å²) >= 11 is 0. The quantitative estimate of drug-likeness (QED) is 0.761. The predicted octanol–water partition coefficient (Wildman–Crippen LogP) is 2.60. The van der Waals surface area contributed by atoms with E-state index in [1.807, 2.05) is 24.3 Å². The smallest absolute Gasteiger partial charge is 0.229 e. The fraction of sp³-hybridized carbons (Fsp3) is 0. The van der Waals surface area contributed by atoms with Crippen LogP contribution < -0.4 is 11.1 Å². The summed E-state index contributed by atoms with van der Waals surface area (Å²) in [7, 11) is 0. The number of nitrogens with zero attached hydrogens (tertiary/aromatic N) is 3. The summed E-state index contributed by atoms with van der Waals surface area (Å²) in [6.45, 7) is 0. The van der Waals surface area contributed by atoms with E-state index >= 15 is 0 Å². The molecule has 7 heteroatoms. The van der Waals surface area contributed by atoms with Crippen LogP contribution >= 0.6 is 0 Å². The van der Waals surface area contributed by atoms with E-state index < -0.39 is 5.82 Å². The molecule has 1 aromatic carbocycles. The number of aromatic nitrogens is 3. The number of nitrogens with one attached hydrogen (secondary N) is 1. The third-order valence-electron chi connectivity index (χ3n) is 2.59. The maximum Gasteiger partial charge on any atom is 0.229 e. The Bertz CT molecular complexity index is 712. The number of anilines is 3. The van der Waals surface area contributed by atoms with Crippen molar-refractivity contribution in [2.75, 3.05) is 11.1 Å². The lowest BCUT2D eigenvalue weighted by Gasteiger charge is -2.05. The highest BCUT2D eigenvalue weighted by molar-refractivity contribution is 5.61. The fourth-order valence-electron chi connectivity index (χ4n) is 1.63. The van der Waals surface area contributed by atoms with Crippen LogP contribution in [0.3, 0.4) is 0 Å². The standard InChI is InChI=1S/C13H10FN5O/c14-10-7-17-13(19-11(10)15)18-9-3-1-8(2-4-9)12-16-5-6-20-12/h1-7H,(H3,15,17,18,19). The molecule has 0 unspecified atom stereocenters. The summed E-state index contributed by atoms with van der Waals surface area (Å²) in [5.41, 5.74) is 6.97. The van der Waals surface area contributed by atoms with Crippen LogP contribution in [-0.2, 0) is 0 Å². The van der Waals surface area contributed by atoms with E-state index in [-0.39, 0.29) is 11.8 Å². The largest absolute Gasteiger partial charge is 0.445 e. The van der Waals surface area contributed by atoms with Crippen LogP contribution in [0, 0.1) is 5.82 Å². The normalized spacial score (nSPS) is 10.4. The highest BCUT2D eigenvalue weighted by Crippen LogP contribution is 2.21. The van der Waals surface area contributed by atoms with E-state index in [1.54, 1.807) is 6.20 Å². The monoisotopic (exact) mass is 271 g/mol. The van der Waals surface area contributed by atoms with Crippen LogP contribution in [0.5, 0.6) is 0 Å². The van der Waals surface area contributed by atoms with Gasteiger partial charge in [0.2, 0.25) is 11.8 Å². The van der Waals surface area contributed by atoms with Gasteiger partial charge in [0.05, 0.1) is 12.4 Å². The van der Waals surface area contributed by atoms with Gasteiger partial charge in [-0.2, -0.15) is 4.98 Å². The Labute approximate surface area is 113 Å². The highest BCUT2D eigenvalue weighted by Gasteiger charge is 2.05. The van der Waals surface area contributed by atoms with Crippen LogP contribution in [0.1, 0.15) is 0 Å². The third-order valence-corrected chi connectivity index (χ3v) is 2.59. The first-order chi connectivity index (χ1) is 9.72. The molecule has 0 aliphatic carbocycles. The molecule has 0 atom stereocenters. The molecule has 0 saturated carbocycles. The first-order valence-corrected chi connectivity index (χ1v) is 5.77. The average Bonchev–Trinajstić information content (AvgIpc) is 2.98. The van der Waals surface area contributed by atoms with E-state index in [9.17, 15) is 4.39 Å². The number of benzene rings is 1. The topological polar surface area (TPSA) is 89.9 Å². The number of hydrogen-bond donors (Lipinski definition) is 2. The molecule has 0 radical (unpaired) electrons. The van der Waals surface area contributed by atoms with Crippen LogP contribution in [0.25, 0.3) is 11.5 Å². The van der Waals surface area contributed by atoms with Gasteiger partial charge >= 0.3 is 0 Å². The van der Waals surface area contributed by atoms with E-state index in [0.29, 0.717) is 5.89 Å². The number of hydrogen-bond acceptors (Lipinski definition) is 6. The van der Waals surface area contributed by atoms with Crippen molar-refractivity contribution in [1.29, 1.82) is 0 Å². The lowest BCUT2D eigenvalue weighted by Crippen LogP contribution is -2.02. The van der Waals surface area contributed by atoms with Crippen LogP contribution in [0.4, 0.5) is 21.8 Å². The molecule has 3 aromatic rings. The van der Waals surface area contributed by atoms with Crippen molar-refractivity contribution in [2.24, 2.45) is 0 Å². The minimum Gasteiger partial charge on any atom is -0.445 e. The molecule has 3 rings (SSSR count). The van der Waals surface area contributed by atoms with E-state index in [4.69, 9.17) is 10.2 Å². The molecule has 3 N–H and O–H groups in total. The molecule has 0 saturated heterocycles. The van der Waals surface area contributed by atoms with Gasteiger partial charge in [0.15, 0.2) is 11.6 Å². The lowest BCUT2D eigenvalue weighted by molar-refractivity contribution is 0.574. The second-order valence-electron chi connectivity index (χ2n) is 3.97. The number of nitrogens with two attached hydrogens (primary N) is 1. The van der Waals surface area contributed by atoms with Gasteiger partial charge in [-0.05, 0) is 24.3 Å². The molecule has 0 spiro atoms. The Morgan fingerprint density at radius 2 is 1.95 bits per heavy atom. The number of halogens is 1. The molecule has 2 aromatic heterocycles. The molecule has 0 bridgehead atoms. The van der Waals surface area contributed by atoms with E-state index in [1.165, 1.54) is 6.26 Å². The SMILES string of the molecule is Nc1nc(Nc2ccc(-c3ncco3)cc2)ncc1F. The zero-order valence-corrected chi connectivity index (χ0v) is 10.2. The molecule has 0 aliphatic heterocycles. The van der Waals surface area contributed by atoms with Gasteiger partial charge in [-0.25, -0.2) is 14.4 Å². The van der Waals surface area contributed by atoms with Crippen molar-refractivity contribution in [1.82, 2.24) is 15.0 Å². The maximum atomic E-state index is 13.0. The summed E-state index contributed by atoms with van der Waals surface area (Å²) in [6.07, 6.45) is 4.11.